The first-order valence-corrected chi connectivity index (χ1v) is 8.11. The maximum Gasteiger partial charge on any atom is 0.147 e. The Labute approximate surface area is 97.6 Å². The minimum Gasteiger partial charge on any atom is -0.388 e. The Hall–Kier alpha value is -0.130. The van der Waals surface area contributed by atoms with E-state index in [9.17, 15) is 13.5 Å². The zero-order valence-electron chi connectivity index (χ0n) is 9.85. The third-order valence-electron chi connectivity index (χ3n) is 3.94. The number of aliphatic hydroxyl groups is 1. The summed E-state index contributed by atoms with van der Waals surface area (Å²) in [6, 6.07) is 0.284. The molecular formula is C11H21NO3S. The molecule has 2 aliphatic rings. The van der Waals surface area contributed by atoms with Crippen LogP contribution in [-0.4, -0.2) is 55.2 Å². The Bertz CT molecular complexity index is 354. The van der Waals surface area contributed by atoms with E-state index in [1.165, 1.54) is 12.7 Å². The van der Waals surface area contributed by atoms with E-state index in [2.05, 4.69) is 4.90 Å². The molecule has 0 bridgehead atoms. The molecule has 2 atom stereocenters. The second-order valence-corrected chi connectivity index (χ2v) is 7.54. The molecule has 2 fully saturated rings. The molecule has 2 unspecified atom stereocenters. The van der Waals surface area contributed by atoms with Gasteiger partial charge in [-0.05, 0) is 38.6 Å². The quantitative estimate of drug-likeness (QED) is 0.782. The van der Waals surface area contributed by atoms with Crippen LogP contribution in [0.25, 0.3) is 0 Å². The van der Waals surface area contributed by atoms with Crippen LogP contribution in [-0.2, 0) is 9.84 Å². The zero-order valence-corrected chi connectivity index (χ0v) is 10.7. The monoisotopic (exact) mass is 247 g/mol. The molecule has 0 radical (unpaired) electrons. The van der Waals surface area contributed by atoms with Gasteiger partial charge >= 0.3 is 0 Å². The molecule has 0 saturated carbocycles. The number of rotatable bonds is 4. The molecule has 5 heteroatoms. The summed E-state index contributed by atoms with van der Waals surface area (Å²) in [5.41, 5.74) is -0.624. The van der Waals surface area contributed by atoms with Crippen molar-refractivity contribution in [1.82, 2.24) is 4.90 Å². The lowest BCUT2D eigenvalue weighted by atomic mass is 9.88. The van der Waals surface area contributed by atoms with Gasteiger partial charge in [-0.1, -0.05) is 0 Å². The van der Waals surface area contributed by atoms with Crippen LogP contribution in [0.3, 0.4) is 0 Å². The van der Waals surface area contributed by atoms with Crippen molar-refractivity contribution in [2.75, 3.05) is 25.1 Å². The molecule has 0 aromatic carbocycles. The highest BCUT2D eigenvalue weighted by molar-refractivity contribution is 7.90. The second-order valence-electron chi connectivity index (χ2n) is 5.28. The van der Waals surface area contributed by atoms with Crippen LogP contribution >= 0.6 is 0 Å². The van der Waals surface area contributed by atoms with Gasteiger partial charge in [0.25, 0.3) is 0 Å². The molecule has 2 saturated heterocycles. The summed E-state index contributed by atoms with van der Waals surface area (Å²) >= 11 is 0. The molecule has 0 spiro atoms. The standard InChI is InChI=1S/C11H21NO3S/c1-16(14,15)9-3-5-11(13)6-8-12-7-2-4-10(11)12/h10,13H,2-9H2,1H3. The van der Waals surface area contributed by atoms with Crippen molar-refractivity contribution >= 4 is 9.84 Å². The van der Waals surface area contributed by atoms with Gasteiger partial charge in [-0.2, -0.15) is 0 Å². The fourth-order valence-electron chi connectivity index (χ4n) is 3.14. The minimum atomic E-state index is -2.89. The Kier molecular flexibility index (Phi) is 3.29. The largest absolute Gasteiger partial charge is 0.388 e. The van der Waals surface area contributed by atoms with Crippen LogP contribution in [0.2, 0.25) is 0 Å². The van der Waals surface area contributed by atoms with E-state index in [0.717, 1.165) is 25.9 Å². The van der Waals surface area contributed by atoms with Crippen LogP contribution in [0.15, 0.2) is 0 Å². The van der Waals surface area contributed by atoms with Crippen molar-refractivity contribution in [1.29, 1.82) is 0 Å². The highest BCUT2D eigenvalue weighted by Crippen LogP contribution is 2.38. The summed E-state index contributed by atoms with van der Waals surface area (Å²) in [7, 11) is -2.89. The molecule has 94 valence electrons. The molecule has 0 amide bonds. The molecule has 1 N–H and O–H groups in total. The van der Waals surface area contributed by atoms with Crippen LogP contribution in [0.5, 0.6) is 0 Å². The molecule has 4 nitrogen and oxygen atoms in total. The van der Waals surface area contributed by atoms with Crippen molar-refractivity contribution in [2.45, 2.75) is 43.7 Å². The lowest BCUT2D eigenvalue weighted by Gasteiger charge is -2.29. The highest BCUT2D eigenvalue weighted by Gasteiger charge is 2.47. The molecule has 0 aromatic heterocycles. The minimum absolute atomic E-state index is 0.196. The second kappa shape index (κ2) is 4.27. The van der Waals surface area contributed by atoms with E-state index in [0.29, 0.717) is 12.8 Å². The summed E-state index contributed by atoms with van der Waals surface area (Å²) in [4.78, 5) is 2.35. The molecule has 2 aliphatic heterocycles. The Balaban J connectivity index is 1.89. The maximum absolute atomic E-state index is 11.0. The molecule has 2 rings (SSSR count). The lowest BCUT2D eigenvalue weighted by molar-refractivity contribution is 0.00544. The fourth-order valence-corrected chi connectivity index (χ4v) is 3.81. The van der Waals surface area contributed by atoms with Crippen molar-refractivity contribution in [3.05, 3.63) is 0 Å². The van der Waals surface area contributed by atoms with Gasteiger partial charge in [-0.3, -0.25) is 4.90 Å². The van der Waals surface area contributed by atoms with Gasteiger partial charge < -0.3 is 5.11 Å². The first-order chi connectivity index (χ1) is 7.41. The lowest BCUT2D eigenvalue weighted by Crippen LogP contribution is -2.41. The summed E-state index contributed by atoms with van der Waals surface area (Å²) in [6.45, 7) is 2.07. The molecule has 16 heavy (non-hydrogen) atoms. The van der Waals surface area contributed by atoms with Crippen molar-refractivity contribution in [3.8, 4) is 0 Å². The third kappa shape index (κ3) is 2.57. The average molecular weight is 247 g/mol. The summed E-state index contributed by atoms with van der Waals surface area (Å²) < 4.78 is 22.1. The fraction of sp³-hybridized carbons (Fsp3) is 1.00. The number of hydrogen-bond acceptors (Lipinski definition) is 4. The van der Waals surface area contributed by atoms with E-state index in [-0.39, 0.29) is 11.8 Å². The van der Waals surface area contributed by atoms with Crippen LogP contribution < -0.4 is 0 Å². The van der Waals surface area contributed by atoms with Gasteiger partial charge in [0.05, 0.1) is 5.60 Å². The van der Waals surface area contributed by atoms with Gasteiger partial charge in [-0.15, -0.1) is 0 Å². The van der Waals surface area contributed by atoms with Gasteiger partial charge in [0, 0.05) is 24.6 Å². The first-order valence-electron chi connectivity index (χ1n) is 6.05. The Morgan fingerprint density at radius 3 is 2.88 bits per heavy atom. The van der Waals surface area contributed by atoms with Gasteiger partial charge in [-0.25, -0.2) is 8.42 Å². The molecular weight excluding hydrogens is 226 g/mol. The molecule has 0 aromatic rings. The van der Waals surface area contributed by atoms with E-state index in [1.54, 1.807) is 0 Å². The highest BCUT2D eigenvalue weighted by atomic mass is 32.2. The van der Waals surface area contributed by atoms with Gasteiger partial charge in [0.1, 0.15) is 9.84 Å². The predicted molar refractivity (Wildman–Crippen MR) is 63.1 cm³/mol. The van der Waals surface area contributed by atoms with Gasteiger partial charge in [0.15, 0.2) is 0 Å². The van der Waals surface area contributed by atoms with E-state index in [4.69, 9.17) is 0 Å². The number of hydrogen-bond donors (Lipinski definition) is 1. The zero-order chi connectivity index (χ0) is 11.8. The topological polar surface area (TPSA) is 57.6 Å². The maximum atomic E-state index is 11.0. The van der Waals surface area contributed by atoms with E-state index in [1.807, 2.05) is 0 Å². The van der Waals surface area contributed by atoms with Crippen molar-refractivity contribution in [2.24, 2.45) is 0 Å². The average Bonchev–Trinajstić information content (AvgIpc) is 2.69. The van der Waals surface area contributed by atoms with Crippen molar-refractivity contribution < 1.29 is 13.5 Å². The van der Waals surface area contributed by atoms with Crippen molar-refractivity contribution in [3.63, 3.8) is 0 Å². The van der Waals surface area contributed by atoms with E-state index >= 15 is 0 Å². The smallest absolute Gasteiger partial charge is 0.147 e. The summed E-state index contributed by atoms with van der Waals surface area (Å²) in [5.74, 6) is 0.196. The van der Waals surface area contributed by atoms with Crippen LogP contribution in [0.1, 0.15) is 32.1 Å². The Morgan fingerprint density at radius 1 is 1.44 bits per heavy atom. The molecule has 0 aliphatic carbocycles. The van der Waals surface area contributed by atoms with Crippen LogP contribution in [0.4, 0.5) is 0 Å². The number of sulfone groups is 1. The number of fused-ring (bicyclic) bond motifs is 1. The third-order valence-corrected chi connectivity index (χ3v) is 4.97. The Morgan fingerprint density at radius 2 is 2.19 bits per heavy atom. The summed E-state index contributed by atoms with van der Waals surface area (Å²) in [6.07, 6.45) is 5.50. The normalized spacial score (nSPS) is 35.5. The summed E-state index contributed by atoms with van der Waals surface area (Å²) in [5, 5.41) is 10.5. The molecule has 2 heterocycles. The number of nitrogens with zero attached hydrogens (tertiary/aromatic N) is 1. The predicted octanol–water partition coefficient (Wildman–Crippen LogP) is 0.410. The van der Waals surface area contributed by atoms with E-state index < -0.39 is 15.4 Å². The SMILES string of the molecule is CS(=O)(=O)CCCC1(O)CCN2CCCC21. The van der Waals surface area contributed by atoms with Crippen LogP contribution in [0, 0.1) is 0 Å². The first kappa shape index (κ1) is 12.3. The van der Waals surface area contributed by atoms with Gasteiger partial charge in [0.2, 0.25) is 0 Å².